The topological polar surface area (TPSA) is 66.5 Å². The van der Waals surface area contributed by atoms with Crippen molar-refractivity contribution in [2.75, 3.05) is 18.4 Å². The summed E-state index contributed by atoms with van der Waals surface area (Å²) in [6.45, 7) is 0.436. The Morgan fingerprint density at radius 2 is 1.80 bits per heavy atom. The zero-order chi connectivity index (χ0) is 21.3. The van der Waals surface area contributed by atoms with Gasteiger partial charge >= 0.3 is 0 Å². The zero-order valence-corrected chi connectivity index (χ0v) is 18.3. The van der Waals surface area contributed by atoms with E-state index in [1.807, 2.05) is 42.5 Å². The molecule has 8 heteroatoms. The van der Waals surface area contributed by atoms with Gasteiger partial charge in [-0.15, -0.1) is 0 Å². The molecule has 0 saturated carbocycles. The second kappa shape index (κ2) is 8.55. The van der Waals surface area contributed by atoms with Crippen molar-refractivity contribution in [3.8, 4) is 0 Å². The van der Waals surface area contributed by atoms with Gasteiger partial charge in [-0.2, -0.15) is 4.31 Å². The van der Waals surface area contributed by atoms with Gasteiger partial charge < -0.3 is 5.32 Å². The molecule has 0 unspecified atom stereocenters. The third kappa shape index (κ3) is 4.18. The molecule has 3 aromatic rings. The zero-order valence-electron chi connectivity index (χ0n) is 16.0. The molecular formula is C22H20Cl2N2O3S. The minimum atomic E-state index is -3.85. The molecule has 0 spiro atoms. The molecule has 1 saturated heterocycles. The van der Waals surface area contributed by atoms with Gasteiger partial charge in [0, 0.05) is 29.2 Å². The summed E-state index contributed by atoms with van der Waals surface area (Å²) in [5.41, 5.74) is 0.718. The van der Waals surface area contributed by atoms with Crippen LogP contribution in [0.1, 0.15) is 12.8 Å². The van der Waals surface area contributed by atoms with E-state index >= 15 is 0 Å². The number of carbonyl (C=O) groups excluding carboxylic acids is 1. The predicted molar refractivity (Wildman–Crippen MR) is 121 cm³/mol. The van der Waals surface area contributed by atoms with Crippen LogP contribution in [0.15, 0.2) is 65.6 Å². The van der Waals surface area contributed by atoms with Crippen LogP contribution in [-0.2, 0) is 14.8 Å². The Balaban J connectivity index is 1.55. The molecule has 0 bridgehead atoms. The van der Waals surface area contributed by atoms with E-state index in [4.69, 9.17) is 23.2 Å². The first-order valence-corrected chi connectivity index (χ1v) is 11.8. The summed E-state index contributed by atoms with van der Waals surface area (Å²) in [4.78, 5) is 12.9. The minimum absolute atomic E-state index is 0.0354. The van der Waals surface area contributed by atoms with E-state index in [9.17, 15) is 13.2 Å². The van der Waals surface area contributed by atoms with Gasteiger partial charge in [-0.25, -0.2) is 8.42 Å². The molecule has 1 amide bonds. The normalized spacial score (nSPS) is 17.7. The van der Waals surface area contributed by atoms with Gasteiger partial charge in [-0.05, 0) is 42.5 Å². The van der Waals surface area contributed by atoms with E-state index in [0.29, 0.717) is 24.4 Å². The molecule has 1 atom stereocenters. The number of hydrogen-bond acceptors (Lipinski definition) is 3. The molecule has 5 nitrogen and oxygen atoms in total. The molecule has 3 aromatic carbocycles. The molecule has 30 heavy (non-hydrogen) atoms. The van der Waals surface area contributed by atoms with E-state index < -0.39 is 15.9 Å². The average Bonchev–Trinajstić information content (AvgIpc) is 2.75. The minimum Gasteiger partial charge on any atom is -0.325 e. The summed E-state index contributed by atoms with van der Waals surface area (Å²) in [6.07, 6.45) is 1.21. The van der Waals surface area contributed by atoms with E-state index in [2.05, 4.69) is 5.32 Å². The molecule has 1 fully saturated rings. The molecule has 156 valence electrons. The number of nitrogens with zero attached hydrogens (tertiary/aromatic N) is 1. The van der Waals surface area contributed by atoms with Crippen molar-refractivity contribution >= 4 is 55.6 Å². The number of carbonyl (C=O) groups is 1. The first kappa shape index (κ1) is 21.1. The van der Waals surface area contributed by atoms with Crippen LogP contribution >= 0.6 is 23.2 Å². The second-order valence-electron chi connectivity index (χ2n) is 7.29. The fourth-order valence-corrected chi connectivity index (χ4v) is 6.02. The lowest BCUT2D eigenvalue weighted by molar-refractivity contribution is -0.120. The second-order valence-corrected chi connectivity index (χ2v) is 10.0. The van der Waals surface area contributed by atoms with Crippen LogP contribution in [0, 0.1) is 5.92 Å². The number of nitrogens with one attached hydrogen (secondary N) is 1. The molecular weight excluding hydrogens is 443 g/mol. The van der Waals surface area contributed by atoms with Gasteiger partial charge in [0.05, 0.1) is 10.9 Å². The number of anilines is 1. The standard InChI is InChI=1S/C22H20Cl2N2O3S/c23-17-10-11-19(24)21(13-17)30(28,29)26-12-4-7-16(14-26)22(27)25-20-9-3-6-15-5-1-2-8-18(15)20/h1-3,5-6,8-11,13,16H,4,7,12,14H2,(H,25,27)/t16-/m0/s1. The number of amides is 1. The number of halogens is 2. The number of benzene rings is 3. The maximum Gasteiger partial charge on any atom is 0.244 e. The Kier molecular flexibility index (Phi) is 6.02. The van der Waals surface area contributed by atoms with E-state index in [1.54, 1.807) is 6.07 Å². The van der Waals surface area contributed by atoms with Crippen LogP contribution in [0.25, 0.3) is 10.8 Å². The van der Waals surface area contributed by atoms with Crippen molar-refractivity contribution in [2.45, 2.75) is 17.7 Å². The van der Waals surface area contributed by atoms with Crippen molar-refractivity contribution in [1.29, 1.82) is 0 Å². The Bertz CT molecular complexity index is 1210. The first-order valence-electron chi connectivity index (χ1n) is 9.60. The monoisotopic (exact) mass is 462 g/mol. The summed E-state index contributed by atoms with van der Waals surface area (Å²) in [7, 11) is -3.85. The van der Waals surface area contributed by atoms with Gasteiger partial charge in [0.15, 0.2) is 0 Å². The fraction of sp³-hybridized carbons (Fsp3) is 0.227. The SMILES string of the molecule is O=C(Nc1cccc2ccccc12)[C@H]1CCCN(S(=O)(=O)c2cc(Cl)ccc2Cl)C1. The van der Waals surface area contributed by atoms with Crippen LogP contribution in [0.2, 0.25) is 10.0 Å². The van der Waals surface area contributed by atoms with Crippen LogP contribution in [-0.4, -0.2) is 31.7 Å². The summed E-state index contributed by atoms with van der Waals surface area (Å²) in [5.74, 6) is -0.645. The van der Waals surface area contributed by atoms with Crippen molar-refractivity contribution in [3.05, 3.63) is 70.7 Å². The van der Waals surface area contributed by atoms with Crippen molar-refractivity contribution in [2.24, 2.45) is 5.92 Å². The molecule has 1 aliphatic heterocycles. The number of rotatable bonds is 4. The highest BCUT2D eigenvalue weighted by molar-refractivity contribution is 7.89. The maximum atomic E-state index is 13.1. The Morgan fingerprint density at radius 1 is 1.03 bits per heavy atom. The van der Waals surface area contributed by atoms with E-state index in [1.165, 1.54) is 16.4 Å². The number of piperidine rings is 1. The van der Waals surface area contributed by atoms with Gasteiger partial charge in [0.25, 0.3) is 0 Å². The van der Waals surface area contributed by atoms with Gasteiger partial charge in [0.1, 0.15) is 4.90 Å². The lowest BCUT2D eigenvalue weighted by Gasteiger charge is -2.31. The molecule has 4 rings (SSSR count). The van der Waals surface area contributed by atoms with Crippen LogP contribution in [0.3, 0.4) is 0 Å². The van der Waals surface area contributed by atoms with Crippen LogP contribution < -0.4 is 5.32 Å². The summed E-state index contributed by atoms with van der Waals surface area (Å²) >= 11 is 12.1. The summed E-state index contributed by atoms with van der Waals surface area (Å²) in [6, 6.07) is 17.9. The highest BCUT2D eigenvalue weighted by Crippen LogP contribution is 2.31. The number of sulfonamides is 1. The molecule has 0 radical (unpaired) electrons. The Morgan fingerprint density at radius 3 is 2.63 bits per heavy atom. The highest BCUT2D eigenvalue weighted by Gasteiger charge is 2.34. The first-order chi connectivity index (χ1) is 14.4. The van der Waals surface area contributed by atoms with Crippen molar-refractivity contribution < 1.29 is 13.2 Å². The maximum absolute atomic E-state index is 13.1. The average molecular weight is 463 g/mol. The Labute approximate surface area is 185 Å². The van der Waals surface area contributed by atoms with Gasteiger partial charge in [-0.3, -0.25) is 4.79 Å². The summed E-state index contributed by atoms with van der Waals surface area (Å²) in [5, 5.41) is 5.35. The smallest absolute Gasteiger partial charge is 0.244 e. The summed E-state index contributed by atoms with van der Waals surface area (Å²) < 4.78 is 27.5. The lowest BCUT2D eigenvalue weighted by atomic mass is 9.98. The molecule has 0 aromatic heterocycles. The largest absolute Gasteiger partial charge is 0.325 e. The number of hydrogen-bond donors (Lipinski definition) is 1. The predicted octanol–water partition coefficient (Wildman–Crippen LogP) is 5.19. The molecule has 0 aliphatic carbocycles. The number of fused-ring (bicyclic) bond motifs is 1. The van der Waals surface area contributed by atoms with Gasteiger partial charge in [-0.1, -0.05) is 59.6 Å². The molecule has 1 N–H and O–H groups in total. The van der Waals surface area contributed by atoms with Gasteiger partial charge in [0.2, 0.25) is 15.9 Å². The van der Waals surface area contributed by atoms with Crippen molar-refractivity contribution in [1.82, 2.24) is 4.31 Å². The van der Waals surface area contributed by atoms with Crippen LogP contribution in [0.5, 0.6) is 0 Å². The molecule has 1 aliphatic rings. The molecule has 1 heterocycles. The van der Waals surface area contributed by atoms with Crippen LogP contribution in [0.4, 0.5) is 5.69 Å². The quantitative estimate of drug-likeness (QED) is 0.580. The lowest BCUT2D eigenvalue weighted by Crippen LogP contribution is -2.43. The van der Waals surface area contributed by atoms with E-state index in [-0.39, 0.29) is 22.4 Å². The highest BCUT2D eigenvalue weighted by atomic mass is 35.5. The Hall–Kier alpha value is -2.12. The van der Waals surface area contributed by atoms with E-state index in [0.717, 1.165) is 16.5 Å². The third-order valence-electron chi connectivity index (χ3n) is 5.31. The third-order valence-corrected chi connectivity index (χ3v) is 7.90. The van der Waals surface area contributed by atoms with Crippen molar-refractivity contribution in [3.63, 3.8) is 0 Å². The fourth-order valence-electron chi connectivity index (χ4n) is 3.76.